The van der Waals surface area contributed by atoms with Gasteiger partial charge in [0.2, 0.25) is 5.91 Å². The predicted molar refractivity (Wildman–Crippen MR) is 540 cm³/mol. The molecule has 0 unspecified atom stereocenters. The van der Waals surface area contributed by atoms with Gasteiger partial charge in [-0.2, -0.15) is 0 Å². The predicted octanol–water partition coefficient (Wildman–Crippen LogP) is 23.4. The Morgan fingerprint density at radius 3 is 0.949 bits per heavy atom. The number of methoxy groups -OCH3 is 3. The van der Waals surface area contributed by atoms with Crippen molar-refractivity contribution < 1.29 is 90.9 Å². The van der Waals surface area contributed by atoms with E-state index in [4.69, 9.17) is 42.6 Å². The van der Waals surface area contributed by atoms with E-state index in [-0.39, 0.29) is 49.6 Å². The van der Waals surface area contributed by atoms with Crippen molar-refractivity contribution in [1.29, 1.82) is 0 Å². The van der Waals surface area contributed by atoms with Crippen LogP contribution in [-0.2, 0) is 46.9 Å². The molecule has 11 rings (SSSR count). The van der Waals surface area contributed by atoms with Crippen LogP contribution in [0.1, 0.15) is 240 Å². The highest BCUT2D eigenvalue weighted by molar-refractivity contribution is 5.99. The first kappa shape index (κ1) is 107. The van der Waals surface area contributed by atoms with Gasteiger partial charge in [-0.15, -0.1) is 0 Å². The number of hydrogen-bond donors (Lipinski definition) is 2. The van der Waals surface area contributed by atoms with Crippen molar-refractivity contribution in [2.24, 2.45) is 0 Å². The highest BCUT2D eigenvalue weighted by Gasteiger charge is 2.24. The molecule has 0 heterocycles. The molecule has 0 aliphatic carbocycles. The Bertz CT molecular complexity index is 5530. The monoisotopic (exact) mass is 1880 g/mol. The molecule has 728 valence electrons. The lowest BCUT2D eigenvalue weighted by Crippen LogP contribution is -2.35. The van der Waals surface area contributed by atoms with E-state index < -0.39 is 36.3 Å². The maximum absolute atomic E-state index is 13.5. The zero-order chi connectivity index (χ0) is 98.6. The Balaban J connectivity index is 0.000000233. The number of carboxylic acids is 1. The normalized spacial score (nSPS) is 10.6. The van der Waals surface area contributed by atoms with E-state index in [2.05, 4.69) is 33.0 Å². The molecule has 0 radical (unpaired) electrons. The first-order valence-corrected chi connectivity index (χ1v) is 47.9. The molecule has 0 saturated carbocycles. The molecule has 24 heteroatoms. The van der Waals surface area contributed by atoms with Crippen LogP contribution in [0, 0.1) is 0 Å². The molecule has 2 N–H and O–H groups in total. The van der Waals surface area contributed by atoms with Gasteiger partial charge >= 0.3 is 23.9 Å². The summed E-state index contributed by atoms with van der Waals surface area (Å²) in [5.74, 6) is 2.05. The number of rotatable bonds is 54. The fourth-order valence-electron chi connectivity index (χ4n) is 14.7. The highest BCUT2D eigenvalue weighted by Crippen LogP contribution is 2.28. The van der Waals surface area contributed by atoms with Gasteiger partial charge in [-0.3, -0.25) is 28.8 Å². The van der Waals surface area contributed by atoms with Crippen LogP contribution in [0.25, 0.3) is 0 Å². The van der Waals surface area contributed by atoms with E-state index in [1.807, 2.05) is 65.6 Å². The molecule has 0 atom stereocenters. The first-order chi connectivity index (χ1) is 67.0. The second-order valence-electron chi connectivity index (χ2n) is 33.7. The second kappa shape index (κ2) is 59.3. The molecule has 0 aliphatic rings. The number of carboxylic acid groups (broad SMARTS) is 1. The number of unbranched alkanes of at least 4 members (excludes halogenated alkanes) is 14. The number of carbonyl (C=O) groups is 9. The molecule has 11 aromatic rings. The lowest BCUT2D eigenvalue weighted by molar-refractivity contribution is -0.138. The number of hydrogen-bond acceptors (Lipinski definition) is 19. The maximum atomic E-state index is 13.5. The smallest absolute Gasteiger partial charge is 0.343 e. The summed E-state index contributed by atoms with van der Waals surface area (Å²) >= 11 is 0. The van der Waals surface area contributed by atoms with Crippen molar-refractivity contribution in [3.63, 3.8) is 0 Å². The molecular formula is C114H133N5O19. The standard InChI is InChI=1S/C41H46N2O7.C39H44N2O7.C34H43NO5/c1-5-6-7-8-9-26-49-37-24-16-34(17-25-37)41(47)50-38-22-12-32(13-23-38)29-43(28-30(2)44)40(46)33-14-18-35(19-15-33)42(3)39(45)27-31-10-20-36(48-4)21-11-31;1-3-4-5-6-7-26-47-35-22-14-32(15-23-35)39(45)48-36-20-10-30(11-21-36)27-41(28-37(42)43)38(44)31-12-16-33(17-13-31)40-25-24-29-8-18-34(46-2)19-9-29;1-4-6-8-9-11-25-39-31-22-16-29(17-23-31)34(37)40-32-18-12-27(13-19-32)26-35(24-10-7-5-2)33(36)28-14-20-30(38-3)21-15-28/h10-25H,5-9,26-29H2,1-4H3;8-23,40H,3-7,24-28H2,1-2H3,(H,42,43);12-23H,4-11,24-26H2,1-3H3. The molecule has 0 bridgehead atoms. The van der Waals surface area contributed by atoms with Crippen LogP contribution < -0.4 is 52.8 Å². The number of carbonyl (C=O) groups excluding carboxylic acids is 8. The quantitative estimate of drug-likeness (QED) is 0.0203. The number of aliphatic carboxylic acids is 1. The van der Waals surface area contributed by atoms with Gasteiger partial charge < -0.3 is 72.7 Å². The topological polar surface area (TPSA) is 282 Å². The average molecular weight is 1880 g/mol. The maximum Gasteiger partial charge on any atom is 0.343 e. The van der Waals surface area contributed by atoms with Crippen molar-refractivity contribution in [3.05, 3.63) is 328 Å². The van der Waals surface area contributed by atoms with Gasteiger partial charge in [-0.1, -0.05) is 178 Å². The number of benzene rings is 11. The lowest BCUT2D eigenvalue weighted by atomic mass is 10.1. The Morgan fingerprint density at radius 1 is 0.304 bits per heavy atom. The molecule has 0 saturated heterocycles. The van der Waals surface area contributed by atoms with Crippen LogP contribution in [-0.4, -0.2) is 147 Å². The highest BCUT2D eigenvalue weighted by atomic mass is 16.5. The van der Waals surface area contributed by atoms with Crippen molar-refractivity contribution in [2.45, 2.75) is 183 Å². The average Bonchev–Trinajstić information content (AvgIpc) is 0.838. The summed E-state index contributed by atoms with van der Waals surface area (Å²) in [6.45, 7) is 13.7. The zero-order valence-electron chi connectivity index (χ0n) is 81.2. The minimum Gasteiger partial charge on any atom is -0.497 e. The number of ether oxygens (including phenoxy) is 9. The molecule has 0 spiro atoms. The first-order valence-electron chi connectivity index (χ1n) is 47.9. The molecule has 11 aromatic carbocycles. The number of ketones is 1. The Hall–Kier alpha value is -14.6. The van der Waals surface area contributed by atoms with Gasteiger partial charge in [-0.25, -0.2) is 14.4 Å². The third kappa shape index (κ3) is 37.6. The molecule has 4 amide bonds. The number of Topliss-reactive ketones (excluding diaryl/α,β-unsaturated/α-hetero) is 1. The number of amides is 4. The SMILES string of the molecule is CCCCCCCOc1ccc(C(=O)Oc2ccc(CN(CC(=O)O)C(=O)c3ccc(NCCc4ccc(OC)cc4)cc3)cc2)cc1.CCCCCCCOc1ccc(C(=O)Oc2ccc(CN(CC(C)=O)C(=O)c3ccc(N(C)C(=O)Cc4ccc(OC)cc4)cc3)cc2)cc1.CCCCCCCOc1ccc(C(=O)Oc2ccc(CN(CCCCC)C(=O)c3ccc(OC)cc3)cc2)cc1. The molecule has 138 heavy (non-hydrogen) atoms. The number of likely N-dealkylation sites (N-methyl/N-ethyl adjacent to an activating group) is 1. The van der Waals surface area contributed by atoms with Crippen LogP contribution in [0.2, 0.25) is 0 Å². The van der Waals surface area contributed by atoms with Gasteiger partial charge in [0, 0.05) is 67.8 Å². The number of anilines is 2. The van der Waals surface area contributed by atoms with Gasteiger partial charge in [-0.05, 0) is 273 Å². The third-order valence-corrected chi connectivity index (χ3v) is 22.7. The summed E-state index contributed by atoms with van der Waals surface area (Å²) in [6.07, 6.45) is 21.7. The third-order valence-electron chi connectivity index (χ3n) is 22.7. The van der Waals surface area contributed by atoms with Gasteiger partial charge in [0.05, 0.1) is 70.8 Å². The Labute approximate surface area is 812 Å². The van der Waals surface area contributed by atoms with Gasteiger partial charge in [0.15, 0.2) is 0 Å². The summed E-state index contributed by atoms with van der Waals surface area (Å²) in [4.78, 5) is 121. The Kier molecular flexibility index (Phi) is 46.1. The summed E-state index contributed by atoms with van der Waals surface area (Å²) in [6, 6.07) is 77.7. The van der Waals surface area contributed by atoms with E-state index in [0.29, 0.717) is 113 Å². The minimum absolute atomic E-state index is 0.0156. The molecule has 24 nitrogen and oxygen atoms in total. The van der Waals surface area contributed by atoms with E-state index >= 15 is 0 Å². The molecule has 0 aromatic heterocycles. The Morgan fingerprint density at radius 2 is 0.594 bits per heavy atom. The number of nitrogens with one attached hydrogen (secondary N) is 1. The molecule has 0 fully saturated rings. The molecule has 0 aliphatic heterocycles. The zero-order valence-corrected chi connectivity index (χ0v) is 81.2. The van der Waals surface area contributed by atoms with Crippen molar-refractivity contribution in [2.75, 3.05) is 84.6 Å². The van der Waals surface area contributed by atoms with E-state index in [9.17, 15) is 48.3 Å². The van der Waals surface area contributed by atoms with Crippen LogP contribution in [0.15, 0.2) is 267 Å². The van der Waals surface area contributed by atoms with E-state index in [0.717, 1.165) is 103 Å². The van der Waals surface area contributed by atoms with Gasteiger partial charge in [0.1, 0.15) is 64.1 Å². The summed E-state index contributed by atoms with van der Waals surface area (Å²) in [7, 11) is 6.53. The lowest BCUT2D eigenvalue weighted by Gasteiger charge is -2.23. The van der Waals surface area contributed by atoms with Gasteiger partial charge in [0.25, 0.3) is 17.7 Å². The molecular weight excluding hydrogens is 1740 g/mol. The van der Waals surface area contributed by atoms with Crippen molar-refractivity contribution in [3.8, 4) is 51.7 Å². The summed E-state index contributed by atoms with van der Waals surface area (Å²) < 4.78 is 49.6. The minimum atomic E-state index is -1.12. The van der Waals surface area contributed by atoms with Crippen LogP contribution in [0.5, 0.6) is 51.7 Å². The number of esters is 3. The number of nitrogens with zero attached hydrogens (tertiary/aromatic N) is 4. The fourth-order valence-corrected chi connectivity index (χ4v) is 14.7. The van der Waals surface area contributed by atoms with E-state index in [1.54, 1.807) is 240 Å². The van der Waals surface area contributed by atoms with Crippen LogP contribution in [0.3, 0.4) is 0 Å². The van der Waals surface area contributed by atoms with Crippen LogP contribution >= 0.6 is 0 Å². The van der Waals surface area contributed by atoms with E-state index in [1.165, 1.54) is 86.5 Å². The summed E-state index contributed by atoms with van der Waals surface area (Å²) in [5.41, 5.74) is 8.61. The van der Waals surface area contributed by atoms with Crippen molar-refractivity contribution >= 4 is 64.7 Å². The van der Waals surface area contributed by atoms with Crippen molar-refractivity contribution in [1.82, 2.24) is 14.7 Å². The van der Waals surface area contributed by atoms with Crippen LogP contribution in [0.4, 0.5) is 11.4 Å². The second-order valence-corrected chi connectivity index (χ2v) is 33.7. The summed E-state index contributed by atoms with van der Waals surface area (Å²) in [5, 5.41) is 12.8. The largest absolute Gasteiger partial charge is 0.497 e. The fraction of sp³-hybridized carbons (Fsp3) is 0.342.